The Morgan fingerprint density at radius 2 is 1.60 bits per heavy atom. The van der Waals surface area contributed by atoms with Crippen molar-refractivity contribution in [2.45, 2.75) is 20.3 Å². The molecule has 2 amide bonds. The normalized spacial score (nSPS) is 10.2. The van der Waals surface area contributed by atoms with Gasteiger partial charge in [0.15, 0.2) is 5.11 Å². The summed E-state index contributed by atoms with van der Waals surface area (Å²) in [5, 5.41) is 8.64. The van der Waals surface area contributed by atoms with Crippen LogP contribution in [0.2, 0.25) is 0 Å². The van der Waals surface area contributed by atoms with E-state index in [4.69, 9.17) is 12.2 Å². The molecule has 2 rings (SSSR count). The molecule has 130 valence electrons. The number of hydrogen-bond acceptors (Lipinski definition) is 3. The van der Waals surface area contributed by atoms with Crippen LogP contribution in [0.3, 0.4) is 0 Å². The lowest BCUT2D eigenvalue weighted by Crippen LogP contribution is -2.36. The van der Waals surface area contributed by atoms with Gasteiger partial charge in [-0.15, -0.1) is 0 Å². The average Bonchev–Trinajstić information content (AvgIpc) is 2.55. The van der Waals surface area contributed by atoms with E-state index < -0.39 is 0 Å². The van der Waals surface area contributed by atoms with Crippen molar-refractivity contribution in [3.8, 4) is 0 Å². The molecule has 3 N–H and O–H groups in total. The van der Waals surface area contributed by atoms with E-state index in [9.17, 15) is 9.59 Å². The van der Waals surface area contributed by atoms with Gasteiger partial charge in [-0.05, 0) is 36.0 Å². The Bertz CT molecular complexity index is 760. The molecule has 0 aliphatic heterocycles. The van der Waals surface area contributed by atoms with E-state index in [0.717, 1.165) is 5.56 Å². The van der Waals surface area contributed by atoms with Gasteiger partial charge < -0.3 is 16.0 Å². The molecule has 0 aliphatic carbocycles. The van der Waals surface area contributed by atoms with Gasteiger partial charge in [-0.2, -0.15) is 0 Å². The Labute approximate surface area is 152 Å². The van der Waals surface area contributed by atoms with E-state index in [2.05, 4.69) is 16.0 Å². The van der Waals surface area contributed by atoms with Crippen molar-refractivity contribution in [2.24, 2.45) is 5.92 Å². The lowest BCUT2D eigenvalue weighted by Gasteiger charge is -2.12. The molecule has 0 saturated heterocycles. The molecule has 25 heavy (non-hydrogen) atoms. The highest BCUT2D eigenvalue weighted by Crippen LogP contribution is 2.15. The summed E-state index contributed by atoms with van der Waals surface area (Å²) in [4.78, 5) is 23.8. The molecular weight excluding hydrogens is 334 g/mol. The summed E-state index contributed by atoms with van der Waals surface area (Å²) in [6, 6.07) is 16.7. The van der Waals surface area contributed by atoms with Crippen LogP contribution in [0, 0.1) is 5.92 Å². The first kappa shape index (κ1) is 18.6. The highest BCUT2D eigenvalue weighted by Gasteiger charge is 2.09. The minimum Gasteiger partial charge on any atom is -0.332 e. The molecule has 5 nitrogen and oxygen atoms in total. The van der Waals surface area contributed by atoms with Crippen molar-refractivity contribution in [2.75, 3.05) is 10.6 Å². The molecule has 0 spiro atoms. The maximum atomic E-state index is 12.1. The first-order valence-electron chi connectivity index (χ1n) is 7.99. The minimum absolute atomic E-state index is 0.0981. The molecule has 6 heteroatoms. The van der Waals surface area contributed by atoms with Crippen LogP contribution in [0.4, 0.5) is 11.4 Å². The monoisotopic (exact) mass is 355 g/mol. The maximum Gasteiger partial charge on any atom is 0.228 e. The van der Waals surface area contributed by atoms with Gasteiger partial charge >= 0.3 is 0 Å². The number of nitrogens with one attached hydrogen (secondary N) is 3. The van der Waals surface area contributed by atoms with Crippen molar-refractivity contribution in [1.82, 2.24) is 5.32 Å². The molecule has 0 heterocycles. The Kier molecular flexibility index (Phi) is 6.65. The summed E-state index contributed by atoms with van der Waals surface area (Å²) in [5.74, 6) is -0.396. The van der Waals surface area contributed by atoms with Gasteiger partial charge in [0.25, 0.3) is 0 Å². The van der Waals surface area contributed by atoms with E-state index in [1.165, 1.54) is 0 Å². The van der Waals surface area contributed by atoms with Crippen LogP contribution in [-0.4, -0.2) is 16.9 Å². The quantitative estimate of drug-likeness (QED) is 0.720. The minimum atomic E-state index is -0.150. The van der Waals surface area contributed by atoms with Gasteiger partial charge in [0.05, 0.1) is 6.42 Å². The molecule has 0 atom stereocenters. The van der Waals surface area contributed by atoms with E-state index in [1.54, 1.807) is 38.1 Å². The van der Waals surface area contributed by atoms with E-state index in [1.807, 2.05) is 30.3 Å². The van der Waals surface area contributed by atoms with Crippen LogP contribution in [-0.2, 0) is 16.0 Å². The van der Waals surface area contributed by atoms with Crippen molar-refractivity contribution in [3.05, 3.63) is 60.2 Å². The molecule has 0 aromatic heterocycles. The highest BCUT2D eigenvalue weighted by molar-refractivity contribution is 7.80. The third-order valence-corrected chi connectivity index (χ3v) is 3.58. The first-order valence-corrected chi connectivity index (χ1v) is 8.40. The lowest BCUT2D eigenvalue weighted by molar-refractivity contribution is -0.122. The number of carbonyl (C=O) groups is 2. The summed E-state index contributed by atoms with van der Waals surface area (Å²) in [7, 11) is 0. The standard InChI is InChI=1S/C19H21N3O2S/c1-13(2)18(24)22-19(25)21-16-10-6-9-15(12-16)20-17(23)11-14-7-4-3-5-8-14/h3-10,12-13H,11H2,1-2H3,(H,20,23)(H2,21,22,24,25). The van der Waals surface area contributed by atoms with Crippen LogP contribution in [0.1, 0.15) is 19.4 Å². The van der Waals surface area contributed by atoms with Crippen molar-refractivity contribution in [1.29, 1.82) is 0 Å². The van der Waals surface area contributed by atoms with E-state index in [-0.39, 0.29) is 22.8 Å². The van der Waals surface area contributed by atoms with Crippen LogP contribution in [0.5, 0.6) is 0 Å². The molecule has 0 saturated carbocycles. The SMILES string of the molecule is CC(C)C(=O)NC(=S)Nc1cccc(NC(=O)Cc2ccccc2)c1. The van der Waals surface area contributed by atoms with Gasteiger partial charge in [-0.3, -0.25) is 9.59 Å². The second-order valence-corrected chi connectivity index (χ2v) is 6.30. The summed E-state index contributed by atoms with van der Waals surface area (Å²) in [6.45, 7) is 3.58. The van der Waals surface area contributed by atoms with Crippen molar-refractivity contribution in [3.63, 3.8) is 0 Å². The maximum absolute atomic E-state index is 12.1. The summed E-state index contributed by atoms with van der Waals surface area (Å²) in [6.07, 6.45) is 0.307. The highest BCUT2D eigenvalue weighted by atomic mass is 32.1. The lowest BCUT2D eigenvalue weighted by atomic mass is 10.1. The molecule has 0 unspecified atom stereocenters. The van der Waals surface area contributed by atoms with Gasteiger partial charge in [0, 0.05) is 17.3 Å². The molecule has 0 bridgehead atoms. The summed E-state index contributed by atoms with van der Waals surface area (Å²) >= 11 is 5.12. The van der Waals surface area contributed by atoms with Gasteiger partial charge in [-0.1, -0.05) is 50.2 Å². The van der Waals surface area contributed by atoms with Crippen LogP contribution in [0.15, 0.2) is 54.6 Å². The smallest absolute Gasteiger partial charge is 0.228 e. The number of thiocarbonyl (C=S) groups is 1. The number of benzene rings is 2. The Balaban J connectivity index is 1.93. The Hall–Kier alpha value is -2.73. The molecule has 0 radical (unpaired) electrons. The first-order chi connectivity index (χ1) is 11.9. The summed E-state index contributed by atoms with van der Waals surface area (Å²) in [5.41, 5.74) is 2.29. The molecule has 0 fully saturated rings. The third-order valence-electron chi connectivity index (χ3n) is 3.37. The number of rotatable bonds is 5. The molecular formula is C19H21N3O2S. The zero-order valence-corrected chi connectivity index (χ0v) is 15.0. The zero-order chi connectivity index (χ0) is 18.2. The van der Waals surface area contributed by atoms with Gasteiger partial charge in [0.2, 0.25) is 11.8 Å². The third kappa shape index (κ3) is 6.35. The van der Waals surface area contributed by atoms with Crippen LogP contribution < -0.4 is 16.0 Å². The van der Waals surface area contributed by atoms with E-state index >= 15 is 0 Å². The second kappa shape index (κ2) is 8.94. The fourth-order valence-corrected chi connectivity index (χ4v) is 2.30. The fourth-order valence-electron chi connectivity index (χ4n) is 2.08. The number of hydrogen-bond donors (Lipinski definition) is 3. The molecule has 2 aromatic rings. The topological polar surface area (TPSA) is 70.2 Å². The molecule has 0 aliphatic rings. The second-order valence-electron chi connectivity index (χ2n) is 5.89. The van der Waals surface area contributed by atoms with Gasteiger partial charge in [0.1, 0.15) is 0 Å². The molecule has 2 aromatic carbocycles. The predicted octanol–water partition coefficient (Wildman–Crippen LogP) is 3.34. The predicted molar refractivity (Wildman–Crippen MR) is 104 cm³/mol. The Morgan fingerprint density at radius 1 is 0.960 bits per heavy atom. The number of anilines is 2. The summed E-state index contributed by atoms with van der Waals surface area (Å²) < 4.78 is 0. The number of amides is 2. The Morgan fingerprint density at radius 3 is 2.24 bits per heavy atom. The van der Waals surface area contributed by atoms with Crippen LogP contribution >= 0.6 is 12.2 Å². The zero-order valence-electron chi connectivity index (χ0n) is 14.2. The van der Waals surface area contributed by atoms with E-state index in [0.29, 0.717) is 17.8 Å². The number of carbonyl (C=O) groups excluding carboxylic acids is 2. The fraction of sp³-hybridized carbons (Fsp3) is 0.211. The van der Waals surface area contributed by atoms with Crippen LogP contribution in [0.25, 0.3) is 0 Å². The average molecular weight is 355 g/mol. The largest absolute Gasteiger partial charge is 0.332 e. The van der Waals surface area contributed by atoms with Gasteiger partial charge in [-0.25, -0.2) is 0 Å². The van der Waals surface area contributed by atoms with Crippen molar-refractivity contribution < 1.29 is 9.59 Å². The van der Waals surface area contributed by atoms with Crippen molar-refractivity contribution >= 4 is 40.5 Å².